The molecule has 0 aliphatic carbocycles. The van der Waals surface area contributed by atoms with Gasteiger partial charge >= 0.3 is 0 Å². The third kappa shape index (κ3) is 3.98. The number of hydrogen-bond acceptors (Lipinski definition) is 4. The fourth-order valence-corrected chi connectivity index (χ4v) is 3.73. The first kappa shape index (κ1) is 18.5. The lowest BCUT2D eigenvalue weighted by Crippen LogP contribution is -2.57. The van der Waals surface area contributed by atoms with E-state index in [1.54, 1.807) is 0 Å². The van der Waals surface area contributed by atoms with Crippen molar-refractivity contribution in [2.45, 2.75) is 38.7 Å². The monoisotopic (exact) mass is 345 g/mol. The first-order valence-electron chi connectivity index (χ1n) is 8.51. The second-order valence-electron chi connectivity index (χ2n) is 6.96. The number of amides is 2. The number of ether oxygens (including phenoxy) is 1. The highest BCUT2D eigenvalue weighted by Gasteiger charge is 2.39. The zero-order valence-corrected chi connectivity index (χ0v) is 14.7. The fraction of sp³-hybridized carbons (Fsp3) is 0.875. The van der Waals surface area contributed by atoms with E-state index in [4.69, 9.17) is 4.74 Å². The molecule has 3 rings (SSSR count). The number of carbonyl (C=O) groups is 2. The SMILES string of the molecule is CC1(C(=O)N2CCN(C(=O)C3CCCO3)CC2)CCCNC1.Cl. The summed E-state index contributed by atoms with van der Waals surface area (Å²) in [6.45, 7) is 7.08. The van der Waals surface area contributed by atoms with Crippen LogP contribution < -0.4 is 5.32 Å². The van der Waals surface area contributed by atoms with E-state index in [9.17, 15) is 9.59 Å². The van der Waals surface area contributed by atoms with Crippen LogP contribution in [0.4, 0.5) is 0 Å². The summed E-state index contributed by atoms with van der Waals surface area (Å²) in [5.41, 5.74) is -0.279. The average Bonchev–Trinajstić information content (AvgIpc) is 3.09. The normalized spacial score (nSPS) is 31.6. The fourth-order valence-electron chi connectivity index (χ4n) is 3.73. The standard InChI is InChI=1S/C16H27N3O3.ClH/c1-16(5-3-6-17-12-16)15(21)19-9-7-18(8-10-19)14(20)13-4-2-11-22-13;/h13,17H,2-12H2,1H3;1H. The molecule has 2 amide bonds. The van der Waals surface area contributed by atoms with E-state index in [1.807, 2.05) is 9.80 Å². The Labute approximate surface area is 144 Å². The van der Waals surface area contributed by atoms with Gasteiger partial charge in [-0.05, 0) is 39.2 Å². The quantitative estimate of drug-likeness (QED) is 0.798. The highest BCUT2D eigenvalue weighted by Crippen LogP contribution is 2.28. The number of carbonyl (C=O) groups excluding carboxylic acids is 2. The van der Waals surface area contributed by atoms with Crippen molar-refractivity contribution in [1.29, 1.82) is 0 Å². The van der Waals surface area contributed by atoms with Crippen LogP contribution in [0.5, 0.6) is 0 Å². The van der Waals surface area contributed by atoms with Crippen LogP contribution in [0.15, 0.2) is 0 Å². The zero-order valence-electron chi connectivity index (χ0n) is 13.9. The van der Waals surface area contributed by atoms with Crippen LogP contribution in [0.2, 0.25) is 0 Å². The maximum Gasteiger partial charge on any atom is 0.251 e. The van der Waals surface area contributed by atoms with Crippen LogP contribution in [-0.4, -0.2) is 73.6 Å². The molecule has 3 fully saturated rings. The smallest absolute Gasteiger partial charge is 0.251 e. The molecule has 6 nitrogen and oxygen atoms in total. The number of halogens is 1. The van der Waals surface area contributed by atoms with Crippen molar-refractivity contribution in [3.63, 3.8) is 0 Å². The Kier molecular flexibility index (Phi) is 6.28. The molecule has 132 valence electrons. The second-order valence-corrected chi connectivity index (χ2v) is 6.96. The van der Waals surface area contributed by atoms with Crippen molar-refractivity contribution >= 4 is 24.2 Å². The minimum Gasteiger partial charge on any atom is -0.368 e. The van der Waals surface area contributed by atoms with Crippen LogP contribution in [0.3, 0.4) is 0 Å². The molecule has 0 bridgehead atoms. The van der Waals surface area contributed by atoms with E-state index in [2.05, 4.69) is 12.2 Å². The molecule has 3 heterocycles. The molecular formula is C16H28ClN3O3. The molecule has 7 heteroatoms. The number of nitrogens with one attached hydrogen (secondary N) is 1. The minimum absolute atomic E-state index is 0. The molecule has 1 N–H and O–H groups in total. The molecule has 2 unspecified atom stereocenters. The van der Waals surface area contributed by atoms with Gasteiger partial charge in [0, 0.05) is 39.3 Å². The summed E-state index contributed by atoms with van der Waals surface area (Å²) >= 11 is 0. The second kappa shape index (κ2) is 7.81. The van der Waals surface area contributed by atoms with E-state index >= 15 is 0 Å². The molecule has 0 aromatic carbocycles. The Bertz CT molecular complexity index is 426. The van der Waals surface area contributed by atoms with E-state index < -0.39 is 0 Å². The minimum atomic E-state index is -0.279. The maximum absolute atomic E-state index is 12.8. The first-order valence-corrected chi connectivity index (χ1v) is 8.51. The van der Waals surface area contributed by atoms with Crippen LogP contribution in [-0.2, 0) is 14.3 Å². The van der Waals surface area contributed by atoms with Gasteiger partial charge in [0.25, 0.3) is 5.91 Å². The lowest BCUT2D eigenvalue weighted by Gasteiger charge is -2.41. The van der Waals surface area contributed by atoms with Gasteiger partial charge in [0.2, 0.25) is 5.91 Å². The van der Waals surface area contributed by atoms with E-state index in [1.165, 1.54) is 0 Å². The summed E-state index contributed by atoms with van der Waals surface area (Å²) in [6.07, 6.45) is 3.57. The van der Waals surface area contributed by atoms with Gasteiger partial charge in [-0.15, -0.1) is 12.4 Å². The first-order chi connectivity index (χ1) is 10.6. The number of rotatable bonds is 2. The number of piperidine rings is 1. The average molecular weight is 346 g/mol. The van der Waals surface area contributed by atoms with Crippen molar-refractivity contribution in [3.8, 4) is 0 Å². The molecule has 23 heavy (non-hydrogen) atoms. The summed E-state index contributed by atoms with van der Waals surface area (Å²) in [7, 11) is 0. The lowest BCUT2D eigenvalue weighted by molar-refractivity contribution is -0.150. The van der Waals surface area contributed by atoms with Crippen LogP contribution in [0.25, 0.3) is 0 Å². The van der Waals surface area contributed by atoms with Crippen molar-refractivity contribution in [3.05, 3.63) is 0 Å². The van der Waals surface area contributed by atoms with Gasteiger partial charge < -0.3 is 19.9 Å². The van der Waals surface area contributed by atoms with Crippen LogP contribution >= 0.6 is 12.4 Å². The third-order valence-electron chi connectivity index (χ3n) is 5.20. The molecule has 0 saturated carbocycles. The molecule has 2 atom stereocenters. The summed E-state index contributed by atoms with van der Waals surface area (Å²) in [5.74, 6) is 0.346. The van der Waals surface area contributed by atoms with Gasteiger partial charge in [0.1, 0.15) is 6.10 Å². The van der Waals surface area contributed by atoms with Gasteiger partial charge in [-0.25, -0.2) is 0 Å². The van der Waals surface area contributed by atoms with E-state index in [-0.39, 0.29) is 35.7 Å². The van der Waals surface area contributed by atoms with E-state index in [0.29, 0.717) is 32.8 Å². The van der Waals surface area contributed by atoms with Crippen LogP contribution in [0, 0.1) is 5.41 Å². The molecule has 3 saturated heterocycles. The number of nitrogens with zero attached hydrogens (tertiary/aromatic N) is 2. The van der Waals surface area contributed by atoms with Crippen molar-refractivity contribution in [2.24, 2.45) is 5.41 Å². The lowest BCUT2D eigenvalue weighted by atomic mass is 9.81. The van der Waals surface area contributed by atoms with Crippen LogP contribution in [0.1, 0.15) is 32.6 Å². The van der Waals surface area contributed by atoms with Crippen molar-refractivity contribution in [1.82, 2.24) is 15.1 Å². The number of hydrogen-bond donors (Lipinski definition) is 1. The Morgan fingerprint density at radius 1 is 1.13 bits per heavy atom. The molecular weight excluding hydrogens is 318 g/mol. The van der Waals surface area contributed by atoms with Crippen molar-refractivity contribution < 1.29 is 14.3 Å². The molecule has 0 spiro atoms. The molecule has 3 aliphatic rings. The zero-order chi connectivity index (χ0) is 15.6. The Balaban J connectivity index is 0.00000192. The summed E-state index contributed by atoms with van der Waals surface area (Å²) < 4.78 is 5.47. The maximum atomic E-state index is 12.8. The molecule has 0 aromatic rings. The third-order valence-corrected chi connectivity index (χ3v) is 5.20. The Hall–Kier alpha value is -0.850. The van der Waals surface area contributed by atoms with Gasteiger partial charge in [-0.1, -0.05) is 0 Å². The van der Waals surface area contributed by atoms with Crippen molar-refractivity contribution in [2.75, 3.05) is 45.9 Å². The molecule has 0 radical (unpaired) electrons. The van der Waals surface area contributed by atoms with Gasteiger partial charge in [-0.3, -0.25) is 9.59 Å². The highest BCUT2D eigenvalue weighted by atomic mass is 35.5. The summed E-state index contributed by atoms with van der Waals surface area (Å²) in [5, 5.41) is 3.33. The van der Waals surface area contributed by atoms with Gasteiger partial charge in [-0.2, -0.15) is 0 Å². The largest absolute Gasteiger partial charge is 0.368 e. The summed E-state index contributed by atoms with van der Waals surface area (Å²) in [6, 6.07) is 0. The van der Waals surface area contributed by atoms with Gasteiger partial charge in [0.15, 0.2) is 0 Å². The number of piperazine rings is 1. The topological polar surface area (TPSA) is 61.9 Å². The summed E-state index contributed by atoms with van der Waals surface area (Å²) in [4.78, 5) is 28.9. The molecule has 3 aliphatic heterocycles. The highest BCUT2D eigenvalue weighted by molar-refractivity contribution is 5.85. The van der Waals surface area contributed by atoms with Gasteiger partial charge in [0.05, 0.1) is 5.41 Å². The predicted octanol–water partition coefficient (Wildman–Crippen LogP) is 0.648. The van der Waals surface area contributed by atoms with E-state index in [0.717, 1.165) is 38.8 Å². The predicted molar refractivity (Wildman–Crippen MR) is 89.6 cm³/mol. The Morgan fingerprint density at radius 2 is 1.83 bits per heavy atom. The Morgan fingerprint density at radius 3 is 2.39 bits per heavy atom. The molecule has 0 aromatic heterocycles.